The van der Waals surface area contributed by atoms with Crippen molar-refractivity contribution in [2.24, 2.45) is 0 Å². The van der Waals surface area contributed by atoms with E-state index >= 15 is 0 Å². The quantitative estimate of drug-likeness (QED) is 0.478. The molecule has 0 radical (unpaired) electrons. The van der Waals surface area contributed by atoms with E-state index in [9.17, 15) is 0 Å². The van der Waals surface area contributed by atoms with Crippen LogP contribution < -0.4 is 0 Å². The van der Waals surface area contributed by atoms with E-state index in [2.05, 4.69) is 90.4 Å². The van der Waals surface area contributed by atoms with Crippen molar-refractivity contribution >= 4 is 21.6 Å². The van der Waals surface area contributed by atoms with Gasteiger partial charge in [0, 0.05) is 5.75 Å². The molecule has 0 bridgehead atoms. The maximum atomic E-state index is 7.62. The number of hydrogen-bond acceptors (Lipinski definition) is 4. The Morgan fingerprint density at radius 1 is 0.667 bits per heavy atom. The number of hydrogen-bond donors (Lipinski definition) is 2. The lowest BCUT2D eigenvalue weighted by Gasteiger charge is -1.70. The molecule has 0 saturated carbocycles. The minimum Gasteiger partial charge on any atom is -0.394 e. The second-order valence-corrected chi connectivity index (χ2v) is 3.52. The average molecular weight is 335 g/mol. The van der Waals surface area contributed by atoms with Crippen LogP contribution in [0.3, 0.4) is 0 Å². The van der Waals surface area contributed by atoms with Gasteiger partial charge in [0.05, 0.1) is 13.2 Å². The van der Waals surface area contributed by atoms with Crippen molar-refractivity contribution in [3.05, 3.63) is 90.4 Å². The van der Waals surface area contributed by atoms with E-state index in [0.717, 1.165) is 0 Å². The minimum absolute atomic E-state index is 0.125. The predicted octanol–water partition coefficient (Wildman–Crippen LogP) is 5.68. The van der Waals surface area contributed by atoms with Crippen molar-refractivity contribution in [1.29, 1.82) is 0 Å². The lowest BCUT2D eigenvalue weighted by molar-refractivity contribution is 0.186. The van der Waals surface area contributed by atoms with Gasteiger partial charge in [-0.25, -0.2) is 0 Å². The maximum Gasteiger partial charge on any atom is 0.0662 e. The van der Waals surface area contributed by atoms with Crippen LogP contribution in [-0.2, 0) is 0 Å². The van der Waals surface area contributed by atoms with E-state index in [-0.39, 0.29) is 13.2 Å². The second-order valence-electron chi connectivity index (χ2n) is 1.20. The van der Waals surface area contributed by atoms with Crippen molar-refractivity contribution in [2.45, 2.75) is 0 Å². The Labute approximate surface area is 141 Å². The van der Waals surface area contributed by atoms with Crippen LogP contribution in [0, 0.1) is 0 Å². The van der Waals surface area contributed by atoms with Crippen molar-refractivity contribution in [2.75, 3.05) is 19.0 Å². The summed E-state index contributed by atoms with van der Waals surface area (Å²) in [6.07, 6.45) is 2.16. The molecule has 0 aromatic heterocycles. The Morgan fingerprint density at radius 2 is 0.952 bits per heavy atom. The Bertz CT molecular complexity index is 119. The molecule has 1 heterocycles. The van der Waals surface area contributed by atoms with Crippen LogP contribution in [-0.4, -0.2) is 29.2 Å². The largest absolute Gasteiger partial charge is 0.394 e. The van der Waals surface area contributed by atoms with Gasteiger partial charge in [0.2, 0.25) is 0 Å². The summed E-state index contributed by atoms with van der Waals surface area (Å²) in [5.74, 6) is 1.20. The first-order valence-electron chi connectivity index (χ1n) is 5.57. The summed E-state index contributed by atoms with van der Waals surface area (Å²) in [4.78, 5) is 0. The fourth-order valence-corrected chi connectivity index (χ4v) is 1.77. The number of aliphatic hydroxyl groups excluding tert-OH is 2. The predicted molar refractivity (Wildman–Crippen MR) is 111 cm³/mol. The molecule has 4 heteroatoms. The first-order valence-corrected chi connectivity index (χ1v) is 7.95. The van der Waals surface area contributed by atoms with Crippen LogP contribution >= 0.6 is 21.6 Å². The molecule has 126 valence electrons. The van der Waals surface area contributed by atoms with Gasteiger partial charge in [0.1, 0.15) is 0 Å². The lowest BCUT2D eigenvalue weighted by Crippen LogP contribution is -1.85. The van der Waals surface area contributed by atoms with E-state index in [4.69, 9.17) is 10.2 Å². The van der Waals surface area contributed by atoms with E-state index in [1.165, 1.54) is 5.75 Å². The highest BCUT2D eigenvalue weighted by Gasteiger charge is 1.85. The molecule has 0 amide bonds. The molecule has 0 atom stereocenters. The summed E-state index contributed by atoms with van der Waals surface area (Å²) in [6.45, 7) is 35.8. The highest BCUT2D eigenvalue weighted by Crippen LogP contribution is 2.27. The van der Waals surface area contributed by atoms with Gasteiger partial charge in [-0.1, -0.05) is 27.7 Å². The normalized spacial score (nSPS) is 7.52. The van der Waals surface area contributed by atoms with Crippen molar-refractivity contribution in [3.8, 4) is 0 Å². The van der Waals surface area contributed by atoms with Crippen LogP contribution in [0.15, 0.2) is 90.4 Å². The summed E-state index contributed by atoms with van der Waals surface area (Å²) >= 11 is 0. The second kappa shape index (κ2) is 177. The van der Waals surface area contributed by atoms with Gasteiger partial charge in [-0.2, -0.15) is 0 Å². The van der Waals surface area contributed by atoms with Crippen LogP contribution in [0.5, 0.6) is 0 Å². The molecular formula is C17H34O2S2. The standard InChI is InChI=1S/C3H4S2.C2H6O2.6C2H4/c1-2-4-5-3-1;3-1-2-4;6*1-2/h1-2H,3H2;3-4H,1-2H2;6*1-2H2. The van der Waals surface area contributed by atoms with E-state index in [1.807, 2.05) is 21.6 Å². The summed E-state index contributed by atoms with van der Waals surface area (Å²) in [7, 11) is 3.69. The van der Waals surface area contributed by atoms with Crippen LogP contribution in [0.4, 0.5) is 0 Å². The van der Waals surface area contributed by atoms with Crippen molar-refractivity contribution in [1.82, 2.24) is 0 Å². The van der Waals surface area contributed by atoms with Crippen LogP contribution in [0.1, 0.15) is 0 Å². The van der Waals surface area contributed by atoms with Gasteiger partial charge >= 0.3 is 0 Å². The molecular weight excluding hydrogens is 300 g/mol. The molecule has 1 rings (SSSR count). The number of rotatable bonds is 1. The van der Waals surface area contributed by atoms with Crippen LogP contribution in [0.2, 0.25) is 0 Å². The Balaban J connectivity index is -0.0000000225. The first-order chi connectivity index (χ1) is 10.4. The molecule has 21 heavy (non-hydrogen) atoms. The Morgan fingerprint density at radius 3 is 1.00 bits per heavy atom. The van der Waals surface area contributed by atoms with E-state index in [1.54, 1.807) is 0 Å². The molecule has 2 nitrogen and oxygen atoms in total. The van der Waals surface area contributed by atoms with Gasteiger partial charge in [0.15, 0.2) is 0 Å². The Kier molecular flexibility index (Phi) is 360. The lowest BCUT2D eigenvalue weighted by atomic mass is 10.8. The SMILES string of the molecule is C1=CSSC1.C=C.C=C.C=C.C=C.C=C.C=C.OCCO. The van der Waals surface area contributed by atoms with E-state index < -0.39 is 0 Å². The summed E-state index contributed by atoms with van der Waals surface area (Å²) in [5.41, 5.74) is 0. The van der Waals surface area contributed by atoms with Gasteiger partial charge in [-0.3, -0.25) is 0 Å². The molecule has 1 aliphatic heterocycles. The molecule has 0 aliphatic carbocycles. The fourth-order valence-electron chi connectivity index (χ4n) is 0.196. The van der Waals surface area contributed by atoms with Crippen molar-refractivity contribution in [3.63, 3.8) is 0 Å². The average Bonchev–Trinajstić information content (AvgIpc) is 3.25. The molecule has 0 spiro atoms. The maximum absolute atomic E-state index is 7.62. The zero-order valence-electron chi connectivity index (χ0n) is 13.5. The van der Waals surface area contributed by atoms with Gasteiger partial charge in [-0.15, -0.1) is 78.9 Å². The molecule has 2 N–H and O–H groups in total. The van der Waals surface area contributed by atoms with Crippen molar-refractivity contribution < 1.29 is 10.2 Å². The summed E-state index contributed by atoms with van der Waals surface area (Å²) in [5, 5.41) is 17.4. The Hall–Kier alpha value is -1.20. The third-order valence-electron chi connectivity index (χ3n) is 0.484. The molecule has 0 fully saturated rings. The monoisotopic (exact) mass is 334 g/mol. The third kappa shape index (κ3) is 230. The smallest absolute Gasteiger partial charge is 0.0662 e. The molecule has 0 unspecified atom stereocenters. The number of aliphatic hydroxyl groups is 2. The first kappa shape index (κ1) is 42.7. The van der Waals surface area contributed by atoms with Gasteiger partial charge < -0.3 is 10.2 Å². The zero-order valence-corrected chi connectivity index (χ0v) is 15.1. The van der Waals surface area contributed by atoms with Gasteiger partial charge in [-0.05, 0) is 5.41 Å². The highest BCUT2D eigenvalue weighted by atomic mass is 33.1. The van der Waals surface area contributed by atoms with E-state index in [0.29, 0.717) is 0 Å². The highest BCUT2D eigenvalue weighted by molar-refractivity contribution is 8.78. The topological polar surface area (TPSA) is 40.5 Å². The fraction of sp³-hybridized carbons (Fsp3) is 0.176. The molecule has 0 saturated heterocycles. The summed E-state index contributed by atoms with van der Waals surface area (Å²) < 4.78 is 0. The molecule has 1 aliphatic rings. The molecule has 0 aromatic rings. The van der Waals surface area contributed by atoms with Gasteiger partial charge in [0.25, 0.3) is 0 Å². The van der Waals surface area contributed by atoms with Crippen LogP contribution in [0.25, 0.3) is 0 Å². The zero-order chi connectivity index (χ0) is 18.9. The summed E-state index contributed by atoms with van der Waals surface area (Å²) in [6, 6.07) is 0. The molecule has 0 aromatic carbocycles. The minimum atomic E-state index is -0.125. The third-order valence-corrected chi connectivity index (χ3v) is 2.40.